The van der Waals surface area contributed by atoms with Crippen LogP contribution in [0.25, 0.3) is 5.69 Å². The lowest BCUT2D eigenvalue weighted by Crippen LogP contribution is -2.48. The standard InChI is InChI=1S/C17H21ClN4O2/c1-13(23)12-20-7-9-21(10-8-20)15-11-19-22(17(24)16(15)18)14-5-3-2-4-6-14/h2-6,11,13,23H,7-10,12H2,1H3/t13-/m1/s1. The summed E-state index contributed by atoms with van der Waals surface area (Å²) in [6.45, 7) is 5.60. The Morgan fingerprint density at radius 3 is 2.50 bits per heavy atom. The summed E-state index contributed by atoms with van der Waals surface area (Å²) in [5.41, 5.74) is 1.05. The van der Waals surface area contributed by atoms with Crippen molar-refractivity contribution in [3.8, 4) is 5.69 Å². The van der Waals surface area contributed by atoms with Crippen LogP contribution >= 0.6 is 11.6 Å². The lowest BCUT2D eigenvalue weighted by atomic mass is 10.2. The van der Waals surface area contributed by atoms with Crippen LogP contribution in [0.5, 0.6) is 0 Å². The van der Waals surface area contributed by atoms with Gasteiger partial charge in [-0.05, 0) is 19.1 Å². The number of para-hydroxylation sites is 1. The number of halogens is 1. The van der Waals surface area contributed by atoms with E-state index in [-0.39, 0.29) is 16.7 Å². The molecule has 6 nitrogen and oxygen atoms in total. The Balaban J connectivity index is 1.79. The van der Waals surface area contributed by atoms with Crippen molar-refractivity contribution >= 4 is 17.3 Å². The minimum Gasteiger partial charge on any atom is -0.392 e. The first-order valence-corrected chi connectivity index (χ1v) is 8.42. The number of nitrogens with zero attached hydrogens (tertiary/aromatic N) is 4. The van der Waals surface area contributed by atoms with E-state index < -0.39 is 0 Å². The number of hydrogen-bond donors (Lipinski definition) is 1. The lowest BCUT2D eigenvalue weighted by molar-refractivity contribution is 0.122. The molecule has 1 aliphatic rings. The van der Waals surface area contributed by atoms with Crippen molar-refractivity contribution < 1.29 is 5.11 Å². The molecular formula is C17H21ClN4O2. The molecule has 1 aromatic heterocycles. The third-order valence-electron chi connectivity index (χ3n) is 4.14. The molecule has 0 aliphatic carbocycles. The number of β-amino-alcohol motifs (C(OH)–C–C–N with tert-alkyl or cyclic N) is 1. The summed E-state index contributed by atoms with van der Waals surface area (Å²) in [5, 5.41) is 13.9. The number of aliphatic hydroxyl groups excluding tert-OH is 1. The minimum absolute atomic E-state index is 0.192. The number of anilines is 1. The van der Waals surface area contributed by atoms with E-state index in [1.165, 1.54) is 4.68 Å². The van der Waals surface area contributed by atoms with Crippen molar-refractivity contribution in [1.29, 1.82) is 0 Å². The van der Waals surface area contributed by atoms with Gasteiger partial charge in [-0.1, -0.05) is 29.8 Å². The predicted octanol–water partition coefficient (Wildman–Crippen LogP) is 1.39. The maximum absolute atomic E-state index is 12.5. The van der Waals surface area contributed by atoms with Crippen LogP contribution in [0.15, 0.2) is 41.3 Å². The van der Waals surface area contributed by atoms with Crippen molar-refractivity contribution in [3.63, 3.8) is 0 Å². The van der Waals surface area contributed by atoms with E-state index in [0.29, 0.717) is 17.9 Å². The van der Waals surface area contributed by atoms with Crippen molar-refractivity contribution in [2.75, 3.05) is 37.6 Å². The fraction of sp³-hybridized carbons (Fsp3) is 0.412. The summed E-state index contributed by atoms with van der Waals surface area (Å²) in [4.78, 5) is 16.8. The van der Waals surface area contributed by atoms with Crippen LogP contribution in [0.4, 0.5) is 5.69 Å². The molecule has 1 aliphatic heterocycles. The van der Waals surface area contributed by atoms with Crippen LogP contribution in [-0.2, 0) is 0 Å². The summed E-state index contributed by atoms with van der Waals surface area (Å²) in [6, 6.07) is 9.23. The van der Waals surface area contributed by atoms with E-state index in [1.807, 2.05) is 30.3 Å². The first-order chi connectivity index (χ1) is 11.6. The summed E-state index contributed by atoms with van der Waals surface area (Å²) in [5.74, 6) is 0. The Morgan fingerprint density at radius 1 is 1.21 bits per heavy atom. The van der Waals surface area contributed by atoms with Gasteiger partial charge in [0.25, 0.3) is 5.56 Å². The molecule has 0 radical (unpaired) electrons. The molecule has 2 aromatic rings. The average Bonchev–Trinajstić information content (AvgIpc) is 2.58. The van der Waals surface area contributed by atoms with Crippen molar-refractivity contribution in [2.24, 2.45) is 0 Å². The molecule has 3 rings (SSSR count). The minimum atomic E-state index is -0.336. The third-order valence-corrected chi connectivity index (χ3v) is 4.49. The highest BCUT2D eigenvalue weighted by atomic mass is 35.5. The summed E-state index contributed by atoms with van der Waals surface area (Å²) < 4.78 is 1.32. The van der Waals surface area contributed by atoms with E-state index in [4.69, 9.17) is 11.6 Å². The molecule has 1 saturated heterocycles. The van der Waals surface area contributed by atoms with Gasteiger partial charge >= 0.3 is 0 Å². The second-order valence-corrected chi connectivity index (χ2v) is 6.41. The van der Waals surface area contributed by atoms with E-state index in [2.05, 4.69) is 14.9 Å². The zero-order chi connectivity index (χ0) is 17.1. The maximum atomic E-state index is 12.5. The highest BCUT2D eigenvalue weighted by Gasteiger charge is 2.22. The van der Waals surface area contributed by atoms with Gasteiger partial charge in [-0.3, -0.25) is 9.69 Å². The molecule has 1 N–H and O–H groups in total. The molecule has 1 aromatic carbocycles. The Bertz CT molecular complexity index is 740. The maximum Gasteiger partial charge on any atom is 0.292 e. The van der Waals surface area contributed by atoms with E-state index >= 15 is 0 Å². The monoisotopic (exact) mass is 348 g/mol. The fourth-order valence-electron chi connectivity index (χ4n) is 2.94. The molecule has 24 heavy (non-hydrogen) atoms. The molecule has 0 spiro atoms. The van der Waals surface area contributed by atoms with Gasteiger partial charge < -0.3 is 10.0 Å². The lowest BCUT2D eigenvalue weighted by Gasteiger charge is -2.36. The van der Waals surface area contributed by atoms with E-state index in [1.54, 1.807) is 13.1 Å². The van der Waals surface area contributed by atoms with Gasteiger partial charge in [-0.15, -0.1) is 0 Å². The number of hydrogen-bond acceptors (Lipinski definition) is 5. The number of rotatable bonds is 4. The van der Waals surface area contributed by atoms with Crippen LogP contribution in [0, 0.1) is 0 Å². The van der Waals surface area contributed by atoms with Crippen molar-refractivity contribution in [1.82, 2.24) is 14.7 Å². The SMILES string of the molecule is C[C@@H](O)CN1CCN(c2cnn(-c3ccccc3)c(=O)c2Cl)CC1. The zero-order valence-corrected chi connectivity index (χ0v) is 14.4. The predicted molar refractivity (Wildman–Crippen MR) is 95.2 cm³/mol. The van der Waals surface area contributed by atoms with Gasteiger partial charge in [0, 0.05) is 32.7 Å². The average molecular weight is 349 g/mol. The van der Waals surface area contributed by atoms with E-state index in [9.17, 15) is 9.90 Å². The fourth-order valence-corrected chi connectivity index (χ4v) is 3.19. The number of aromatic nitrogens is 2. The Kier molecular flexibility index (Phi) is 5.18. The Labute approximate surface area is 145 Å². The quantitative estimate of drug-likeness (QED) is 0.904. The molecule has 1 fully saturated rings. The van der Waals surface area contributed by atoms with Gasteiger partial charge in [-0.25, -0.2) is 0 Å². The highest BCUT2D eigenvalue weighted by Crippen LogP contribution is 2.23. The molecular weight excluding hydrogens is 328 g/mol. The largest absolute Gasteiger partial charge is 0.392 e. The van der Waals surface area contributed by atoms with Crippen molar-refractivity contribution in [3.05, 3.63) is 51.9 Å². The van der Waals surface area contributed by atoms with Crippen LogP contribution in [0.1, 0.15) is 6.92 Å². The summed E-state index contributed by atoms with van der Waals surface area (Å²) in [6.07, 6.45) is 1.32. The Morgan fingerprint density at radius 2 is 1.88 bits per heavy atom. The van der Waals surface area contributed by atoms with E-state index in [0.717, 1.165) is 26.2 Å². The topological polar surface area (TPSA) is 61.6 Å². The zero-order valence-electron chi connectivity index (χ0n) is 13.6. The molecule has 7 heteroatoms. The van der Waals surface area contributed by atoms with Crippen LogP contribution in [0.2, 0.25) is 5.02 Å². The summed E-state index contributed by atoms with van der Waals surface area (Å²) in [7, 11) is 0. The third kappa shape index (κ3) is 3.61. The molecule has 0 bridgehead atoms. The normalized spacial score (nSPS) is 17.0. The number of aliphatic hydroxyl groups is 1. The first kappa shape index (κ1) is 17.0. The van der Waals surface area contributed by atoms with Crippen LogP contribution in [0.3, 0.4) is 0 Å². The van der Waals surface area contributed by atoms with Gasteiger partial charge in [0.2, 0.25) is 0 Å². The number of benzene rings is 1. The molecule has 1 atom stereocenters. The second kappa shape index (κ2) is 7.34. The molecule has 0 unspecified atom stereocenters. The van der Waals surface area contributed by atoms with Gasteiger partial charge in [0.05, 0.1) is 23.7 Å². The van der Waals surface area contributed by atoms with Gasteiger partial charge in [0.1, 0.15) is 5.02 Å². The van der Waals surface area contributed by atoms with Gasteiger partial charge in [0.15, 0.2) is 0 Å². The van der Waals surface area contributed by atoms with Gasteiger partial charge in [-0.2, -0.15) is 9.78 Å². The highest BCUT2D eigenvalue weighted by molar-refractivity contribution is 6.33. The molecule has 0 saturated carbocycles. The smallest absolute Gasteiger partial charge is 0.292 e. The van der Waals surface area contributed by atoms with Crippen molar-refractivity contribution in [2.45, 2.75) is 13.0 Å². The summed E-state index contributed by atoms with van der Waals surface area (Å²) >= 11 is 6.33. The number of piperazine rings is 1. The molecule has 128 valence electrons. The Hall–Kier alpha value is -1.89. The van der Waals surface area contributed by atoms with Crippen LogP contribution in [-0.4, -0.2) is 58.6 Å². The molecule has 0 amide bonds. The first-order valence-electron chi connectivity index (χ1n) is 8.05. The second-order valence-electron chi connectivity index (χ2n) is 6.03. The molecule has 2 heterocycles. The van der Waals surface area contributed by atoms with Crippen LogP contribution < -0.4 is 10.5 Å².